The summed E-state index contributed by atoms with van der Waals surface area (Å²) in [6.07, 6.45) is 3.04. The number of fused-ring (bicyclic) bond motifs is 2. The SMILES string of the molecule is CO[C@]12C[C@@H](CCO)CN(C)[C@@H]1CC1CNc3cccc2c31. The van der Waals surface area contributed by atoms with Crippen molar-refractivity contribution in [3.8, 4) is 0 Å². The van der Waals surface area contributed by atoms with E-state index in [0.29, 0.717) is 17.9 Å². The molecule has 1 aromatic carbocycles. The maximum absolute atomic E-state index is 9.38. The first kappa shape index (κ1) is 14.5. The van der Waals surface area contributed by atoms with Crippen molar-refractivity contribution in [2.24, 2.45) is 5.92 Å². The van der Waals surface area contributed by atoms with Crippen LogP contribution in [-0.4, -0.2) is 49.9 Å². The Kier molecular flexibility index (Phi) is 3.44. The van der Waals surface area contributed by atoms with Gasteiger partial charge in [-0.3, -0.25) is 4.90 Å². The lowest BCUT2D eigenvalue weighted by atomic mass is 9.65. The van der Waals surface area contributed by atoms with Crippen LogP contribution >= 0.6 is 0 Å². The Morgan fingerprint density at radius 2 is 2.32 bits per heavy atom. The van der Waals surface area contributed by atoms with Gasteiger partial charge in [-0.2, -0.15) is 0 Å². The van der Waals surface area contributed by atoms with Crippen molar-refractivity contribution in [2.75, 3.05) is 39.2 Å². The number of hydrogen-bond acceptors (Lipinski definition) is 4. The van der Waals surface area contributed by atoms with E-state index in [2.05, 4.69) is 35.5 Å². The highest BCUT2D eigenvalue weighted by Gasteiger charge is 2.54. The number of ether oxygens (including phenoxy) is 1. The second-order valence-corrected chi connectivity index (χ2v) is 7.21. The lowest BCUT2D eigenvalue weighted by Crippen LogP contribution is -2.59. The topological polar surface area (TPSA) is 44.7 Å². The number of nitrogens with one attached hydrogen (secondary N) is 1. The number of nitrogens with zero attached hydrogens (tertiary/aromatic N) is 1. The maximum atomic E-state index is 9.38. The molecule has 3 aliphatic rings. The number of methoxy groups -OCH3 is 1. The summed E-state index contributed by atoms with van der Waals surface area (Å²) in [6, 6.07) is 7.05. The number of benzene rings is 1. The van der Waals surface area contributed by atoms with Gasteiger partial charge in [0.15, 0.2) is 0 Å². The molecule has 0 radical (unpaired) electrons. The number of aliphatic hydroxyl groups is 1. The van der Waals surface area contributed by atoms with Crippen molar-refractivity contribution >= 4 is 5.69 Å². The van der Waals surface area contributed by atoms with E-state index in [1.165, 1.54) is 16.8 Å². The highest BCUT2D eigenvalue weighted by molar-refractivity contribution is 5.63. The van der Waals surface area contributed by atoms with Crippen molar-refractivity contribution in [1.82, 2.24) is 4.90 Å². The molecule has 4 nitrogen and oxygen atoms in total. The summed E-state index contributed by atoms with van der Waals surface area (Å²) < 4.78 is 6.24. The van der Waals surface area contributed by atoms with Crippen LogP contribution in [0.15, 0.2) is 18.2 Å². The highest BCUT2D eigenvalue weighted by Crippen LogP contribution is 2.54. The molecule has 0 bridgehead atoms. The van der Waals surface area contributed by atoms with Gasteiger partial charge in [-0.15, -0.1) is 0 Å². The van der Waals surface area contributed by atoms with E-state index in [-0.39, 0.29) is 12.2 Å². The van der Waals surface area contributed by atoms with Crippen molar-refractivity contribution in [2.45, 2.75) is 36.8 Å². The summed E-state index contributed by atoms with van der Waals surface area (Å²) in [5.41, 5.74) is 3.94. The van der Waals surface area contributed by atoms with E-state index in [1.807, 2.05) is 7.11 Å². The Morgan fingerprint density at radius 3 is 3.09 bits per heavy atom. The number of aliphatic hydroxyl groups excluding tert-OH is 1. The number of rotatable bonds is 3. The first-order valence-electron chi connectivity index (χ1n) is 8.43. The Labute approximate surface area is 132 Å². The van der Waals surface area contributed by atoms with Crippen molar-refractivity contribution < 1.29 is 9.84 Å². The predicted molar refractivity (Wildman–Crippen MR) is 87.2 cm³/mol. The van der Waals surface area contributed by atoms with E-state index in [9.17, 15) is 5.11 Å². The Morgan fingerprint density at radius 1 is 1.45 bits per heavy atom. The first-order chi connectivity index (χ1) is 10.7. The standard InChI is InChI=1S/C18H26N2O2/c1-20-11-12(6-7-21)9-18(22-2)14-4-3-5-15-17(14)13(10-19-15)8-16(18)20/h3-5,12-13,16,19,21H,6-11H2,1-2H3/t12-,13?,16-,18+/m1/s1. The summed E-state index contributed by atoms with van der Waals surface area (Å²) >= 11 is 0. The molecule has 22 heavy (non-hydrogen) atoms. The molecule has 2 aliphatic heterocycles. The van der Waals surface area contributed by atoms with Crippen LogP contribution in [0.2, 0.25) is 0 Å². The highest BCUT2D eigenvalue weighted by atomic mass is 16.5. The van der Waals surface area contributed by atoms with E-state index in [4.69, 9.17) is 4.74 Å². The van der Waals surface area contributed by atoms with Crippen LogP contribution in [0.25, 0.3) is 0 Å². The quantitative estimate of drug-likeness (QED) is 0.898. The third kappa shape index (κ3) is 1.87. The first-order valence-corrected chi connectivity index (χ1v) is 8.43. The van der Waals surface area contributed by atoms with Crippen LogP contribution in [0.3, 0.4) is 0 Å². The van der Waals surface area contributed by atoms with Gasteiger partial charge in [-0.25, -0.2) is 0 Å². The van der Waals surface area contributed by atoms with Crippen LogP contribution in [0.5, 0.6) is 0 Å². The number of likely N-dealkylation sites (N-methyl/N-ethyl adjacent to an activating group) is 1. The smallest absolute Gasteiger partial charge is 0.109 e. The molecule has 0 aromatic heterocycles. The Hall–Kier alpha value is -1.10. The molecule has 4 rings (SSSR count). The zero-order valence-electron chi connectivity index (χ0n) is 13.5. The summed E-state index contributed by atoms with van der Waals surface area (Å²) in [6.45, 7) is 2.38. The van der Waals surface area contributed by atoms with Crippen LogP contribution < -0.4 is 5.32 Å². The zero-order valence-corrected chi connectivity index (χ0v) is 13.5. The third-order valence-corrected chi connectivity index (χ3v) is 6.13. The molecule has 0 saturated carbocycles. The van der Waals surface area contributed by atoms with Crippen molar-refractivity contribution in [1.29, 1.82) is 0 Å². The minimum atomic E-state index is -0.222. The van der Waals surface area contributed by atoms with Crippen LogP contribution in [0, 0.1) is 5.92 Å². The number of hydrogen-bond donors (Lipinski definition) is 2. The molecule has 1 fully saturated rings. The maximum Gasteiger partial charge on any atom is 0.109 e. The number of anilines is 1. The molecule has 2 N–H and O–H groups in total. The lowest BCUT2D eigenvalue weighted by Gasteiger charge is -2.54. The second kappa shape index (κ2) is 5.22. The largest absolute Gasteiger partial charge is 0.396 e. The molecule has 0 spiro atoms. The molecule has 2 heterocycles. The zero-order chi connectivity index (χ0) is 15.3. The molecule has 1 unspecified atom stereocenters. The minimum absolute atomic E-state index is 0.222. The van der Waals surface area contributed by atoms with Gasteiger partial charge < -0.3 is 15.2 Å². The monoisotopic (exact) mass is 302 g/mol. The molecular formula is C18H26N2O2. The fraction of sp³-hybridized carbons (Fsp3) is 0.667. The minimum Gasteiger partial charge on any atom is -0.396 e. The summed E-state index contributed by atoms with van der Waals surface area (Å²) in [5.74, 6) is 1.10. The van der Waals surface area contributed by atoms with Gasteiger partial charge in [-0.1, -0.05) is 12.1 Å². The van der Waals surface area contributed by atoms with Gasteiger partial charge in [0.05, 0.1) is 0 Å². The number of likely N-dealkylation sites (tertiary alicyclic amines) is 1. The van der Waals surface area contributed by atoms with E-state index in [0.717, 1.165) is 32.4 Å². The molecule has 1 saturated heterocycles. The van der Waals surface area contributed by atoms with Gasteiger partial charge >= 0.3 is 0 Å². The van der Waals surface area contributed by atoms with Crippen molar-refractivity contribution in [3.05, 3.63) is 29.3 Å². The van der Waals surface area contributed by atoms with Crippen LogP contribution in [0.4, 0.5) is 5.69 Å². The Bertz CT molecular complexity index is 576. The van der Waals surface area contributed by atoms with Gasteiger partial charge in [0.1, 0.15) is 5.60 Å². The third-order valence-electron chi connectivity index (χ3n) is 6.13. The molecule has 4 atom stereocenters. The number of piperidine rings is 1. The van der Waals surface area contributed by atoms with E-state index >= 15 is 0 Å². The summed E-state index contributed by atoms with van der Waals surface area (Å²) in [7, 11) is 4.09. The molecule has 1 aliphatic carbocycles. The Balaban J connectivity index is 1.83. The average Bonchev–Trinajstić information content (AvgIpc) is 2.94. The lowest BCUT2D eigenvalue weighted by molar-refractivity contribution is -0.135. The molecule has 0 amide bonds. The van der Waals surface area contributed by atoms with E-state index in [1.54, 1.807) is 0 Å². The van der Waals surface area contributed by atoms with Gasteiger partial charge in [0.25, 0.3) is 0 Å². The summed E-state index contributed by atoms with van der Waals surface area (Å²) in [4.78, 5) is 2.47. The van der Waals surface area contributed by atoms with Crippen LogP contribution in [0.1, 0.15) is 36.3 Å². The molecule has 1 aromatic rings. The fourth-order valence-corrected chi connectivity index (χ4v) is 5.22. The predicted octanol–water partition coefficient (Wildman–Crippen LogP) is 2.14. The van der Waals surface area contributed by atoms with Crippen LogP contribution in [-0.2, 0) is 10.3 Å². The second-order valence-electron chi connectivity index (χ2n) is 7.21. The molecule has 4 heteroatoms. The van der Waals surface area contributed by atoms with Gasteiger partial charge in [0, 0.05) is 44.5 Å². The van der Waals surface area contributed by atoms with E-state index < -0.39 is 0 Å². The van der Waals surface area contributed by atoms with Crippen molar-refractivity contribution in [3.63, 3.8) is 0 Å². The fourth-order valence-electron chi connectivity index (χ4n) is 5.22. The summed E-state index contributed by atoms with van der Waals surface area (Å²) in [5, 5.41) is 12.9. The van der Waals surface area contributed by atoms with Gasteiger partial charge in [-0.05, 0) is 49.4 Å². The average molecular weight is 302 g/mol. The van der Waals surface area contributed by atoms with Gasteiger partial charge in [0.2, 0.25) is 0 Å². The normalized spacial score (nSPS) is 36.6. The molecule has 120 valence electrons. The molecular weight excluding hydrogens is 276 g/mol.